The lowest BCUT2D eigenvalue weighted by atomic mass is 10.0. The summed E-state index contributed by atoms with van der Waals surface area (Å²) >= 11 is 0. The molecule has 126 valence electrons. The molecule has 0 bridgehead atoms. The fourth-order valence-corrected chi connectivity index (χ4v) is 2.63. The van der Waals surface area contributed by atoms with Gasteiger partial charge in [-0.2, -0.15) is 0 Å². The van der Waals surface area contributed by atoms with Crippen LogP contribution in [-0.2, 0) is 4.74 Å². The second kappa shape index (κ2) is 7.06. The van der Waals surface area contributed by atoms with Crippen molar-refractivity contribution < 1.29 is 14.5 Å². The van der Waals surface area contributed by atoms with E-state index < -0.39 is 4.92 Å². The maximum Gasteiger partial charge on any atom is 0.273 e. The van der Waals surface area contributed by atoms with Gasteiger partial charge in [-0.05, 0) is 26.8 Å². The molecule has 7 heteroatoms. The highest BCUT2D eigenvalue weighted by molar-refractivity contribution is 5.95. The summed E-state index contributed by atoms with van der Waals surface area (Å²) in [4.78, 5) is 25.1. The Balaban J connectivity index is 2.01. The average Bonchev–Trinajstić information content (AvgIpc) is 2.53. The van der Waals surface area contributed by atoms with Crippen LogP contribution in [0.3, 0.4) is 0 Å². The minimum absolute atomic E-state index is 0.0370. The van der Waals surface area contributed by atoms with Crippen LogP contribution in [0.2, 0.25) is 0 Å². The summed E-state index contributed by atoms with van der Waals surface area (Å²) in [5.41, 5.74) is 0.612. The fourth-order valence-electron chi connectivity index (χ4n) is 2.63. The number of nitrogens with zero attached hydrogens (tertiary/aromatic N) is 2. The number of rotatable bonds is 5. The van der Waals surface area contributed by atoms with Gasteiger partial charge in [-0.3, -0.25) is 19.8 Å². The zero-order valence-electron chi connectivity index (χ0n) is 13.8. The van der Waals surface area contributed by atoms with Gasteiger partial charge in [-0.25, -0.2) is 0 Å². The summed E-state index contributed by atoms with van der Waals surface area (Å²) in [6, 6.07) is 4.53. The Bertz CT molecular complexity index is 595. The number of hydrogen-bond acceptors (Lipinski definition) is 5. The summed E-state index contributed by atoms with van der Waals surface area (Å²) < 4.78 is 5.34. The van der Waals surface area contributed by atoms with Gasteiger partial charge in [0, 0.05) is 42.4 Å². The number of nitro groups is 1. The number of ether oxygens (including phenoxy) is 1. The third-order valence-electron chi connectivity index (χ3n) is 4.22. The second-order valence-electron chi connectivity index (χ2n) is 6.35. The van der Waals surface area contributed by atoms with Crippen LogP contribution >= 0.6 is 0 Å². The Labute approximate surface area is 135 Å². The van der Waals surface area contributed by atoms with Crippen LogP contribution in [0.15, 0.2) is 18.2 Å². The lowest BCUT2D eigenvalue weighted by Gasteiger charge is -2.40. The van der Waals surface area contributed by atoms with Crippen LogP contribution in [0.1, 0.15) is 29.8 Å². The first kappa shape index (κ1) is 17.4. The van der Waals surface area contributed by atoms with Gasteiger partial charge < -0.3 is 10.1 Å². The first-order valence-corrected chi connectivity index (χ1v) is 7.67. The van der Waals surface area contributed by atoms with Crippen molar-refractivity contribution in [2.75, 3.05) is 32.8 Å². The smallest absolute Gasteiger partial charge is 0.273 e. The quantitative estimate of drug-likeness (QED) is 0.659. The predicted octanol–water partition coefficient (Wildman–Crippen LogP) is 1.74. The molecule has 1 aromatic carbocycles. The number of nitrogens with one attached hydrogen (secondary N) is 1. The van der Waals surface area contributed by atoms with Crippen molar-refractivity contribution in [1.29, 1.82) is 0 Å². The van der Waals surface area contributed by atoms with Gasteiger partial charge in [-0.1, -0.05) is 6.07 Å². The SMILES string of the molecule is Cc1ccc(C(=O)NCC(C)(C)N2CCOCC2)cc1[N+](=O)[O-]. The molecule has 0 spiro atoms. The molecule has 1 saturated heterocycles. The molecule has 1 N–H and O–H groups in total. The van der Waals surface area contributed by atoms with E-state index in [1.165, 1.54) is 6.07 Å². The standard InChI is InChI=1S/C16H23N3O4/c1-12-4-5-13(10-14(12)19(21)22)15(20)17-11-16(2,3)18-6-8-23-9-7-18/h4-5,10H,6-9,11H2,1-3H3,(H,17,20). The minimum atomic E-state index is -0.468. The van der Waals surface area contributed by atoms with Crippen LogP contribution in [0.5, 0.6) is 0 Å². The van der Waals surface area contributed by atoms with E-state index in [9.17, 15) is 14.9 Å². The number of carbonyl (C=O) groups excluding carboxylic acids is 1. The fraction of sp³-hybridized carbons (Fsp3) is 0.562. The largest absolute Gasteiger partial charge is 0.379 e. The molecule has 2 rings (SSSR count). The molecule has 0 aromatic heterocycles. The summed E-state index contributed by atoms with van der Waals surface area (Å²) in [5, 5.41) is 13.9. The van der Waals surface area contributed by atoms with Crippen LogP contribution < -0.4 is 5.32 Å². The molecular formula is C16H23N3O4. The first-order chi connectivity index (χ1) is 10.8. The van der Waals surface area contributed by atoms with Crippen LogP contribution in [0.4, 0.5) is 5.69 Å². The lowest BCUT2D eigenvalue weighted by Crippen LogP contribution is -2.55. The molecule has 1 aromatic rings. The molecule has 7 nitrogen and oxygen atoms in total. The van der Waals surface area contributed by atoms with Gasteiger partial charge in [0.15, 0.2) is 0 Å². The normalized spacial score (nSPS) is 16.1. The van der Waals surface area contributed by atoms with Gasteiger partial charge in [0.25, 0.3) is 11.6 Å². The third-order valence-corrected chi connectivity index (χ3v) is 4.22. The molecule has 0 radical (unpaired) electrons. The Morgan fingerprint density at radius 2 is 2.04 bits per heavy atom. The molecular weight excluding hydrogens is 298 g/mol. The Morgan fingerprint density at radius 1 is 1.39 bits per heavy atom. The minimum Gasteiger partial charge on any atom is -0.379 e. The van der Waals surface area contributed by atoms with E-state index in [0.717, 1.165) is 13.1 Å². The summed E-state index contributed by atoms with van der Waals surface area (Å²) in [7, 11) is 0. The highest BCUT2D eigenvalue weighted by Crippen LogP contribution is 2.20. The molecule has 1 aliphatic rings. The highest BCUT2D eigenvalue weighted by Gasteiger charge is 2.28. The number of morpholine rings is 1. The summed E-state index contributed by atoms with van der Waals surface area (Å²) in [6.07, 6.45) is 0. The van der Waals surface area contributed by atoms with Crippen molar-refractivity contribution in [2.24, 2.45) is 0 Å². The number of hydrogen-bond donors (Lipinski definition) is 1. The Hall–Kier alpha value is -1.99. The van der Waals surface area contributed by atoms with Crippen molar-refractivity contribution >= 4 is 11.6 Å². The molecule has 1 amide bonds. The molecule has 23 heavy (non-hydrogen) atoms. The predicted molar refractivity (Wildman–Crippen MR) is 86.6 cm³/mol. The van der Waals surface area contributed by atoms with E-state index in [4.69, 9.17) is 4.74 Å². The van der Waals surface area contributed by atoms with Gasteiger partial charge in [-0.15, -0.1) is 0 Å². The molecule has 1 fully saturated rings. The van der Waals surface area contributed by atoms with Gasteiger partial charge in [0.2, 0.25) is 0 Å². The molecule has 0 saturated carbocycles. The zero-order valence-corrected chi connectivity index (χ0v) is 13.8. The molecule has 0 atom stereocenters. The topological polar surface area (TPSA) is 84.7 Å². The molecule has 0 unspecified atom stereocenters. The second-order valence-corrected chi connectivity index (χ2v) is 6.35. The van der Waals surface area contributed by atoms with E-state index in [1.807, 2.05) is 0 Å². The van der Waals surface area contributed by atoms with Gasteiger partial charge in [0.1, 0.15) is 0 Å². The van der Waals surface area contributed by atoms with E-state index >= 15 is 0 Å². The molecule has 1 aliphatic heterocycles. The number of benzene rings is 1. The number of amides is 1. The Morgan fingerprint density at radius 3 is 2.65 bits per heavy atom. The summed E-state index contributed by atoms with van der Waals surface area (Å²) in [5.74, 6) is -0.297. The number of carbonyl (C=O) groups is 1. The number of nitro benzene ring substituents is 1. The zero-order chi connectivity index (χ0) is 17.0. The van der Waals surface area contributed by atoms with E-state index in [0.29, 0.717) is 30.9 Å². The maximum absolute atomic E-state index is 12.3. The van der Waals surface area contributed by atoms with E-state index in [2.05, 4.69) is 24.1 Å². The Kier molecular flexibility index (Phi) is 5.33. The maximum atomic E-state index is 12.3. The van der Waals surface area contributed by atoms with Gasteiger partial charge in [0.05, 0.1) is 18.1 Å². The van der Waals surface area contributed by atoms with Crippen molar-refractivity contribution in [2.45, 2.75) is 26.3 Å². The van der Waals surface area contributed by atoms with Crippen LogP contribution in [0.25, 0.3) is 0 Å². The lowest BCUT2D eigenvalue weighted by molar-refractivity contribution is -0.385. The van der Waals surface area contributed by atoms with Gasteiger partial charge >= 0.3 is 0 Å². The van der Waals surface area contributed by atoms with Crippen LogP contribution in [0, 0.1) is 17.0 Å². The van der Waals surface area contributed by atoms with Crippen molar-refractivity contribution in [3.05, 3.63) is 39.4 Å². The van der Waals surface area contributed by atoms with E-state index in [-0.39, 0.29) is 17.1 Å². The monoisotopic (exact) mass is 321 g/mol. The molecule has 0 aliphatic carbocycles. The van der Waals surface area contributed by atoms with Crippen molar-refractivity contribution in [3.63, 3.8) is 0 Å². The first-order valence-electron chi connectivity index (χ1n) is 7.67. The third kappa shape index (κ3) is 4.27. The number of aryl methyl sites for hydroxylation is 1. The van der Waals surface area contributed by atoms with Crippen LogP contribution in [-0.4, -0.2) is 54.1 Å². The summed E-state index contributed by atoms with van der Waals surface area (Å²) in [6.45, 7) is 9.31. The van der Waals surface area contributed by atoms with Crippen molar-refractivity contribution in [1.82, 2.24) is 10.2 Å². The highest BCUT2D eigenvalue weighted by atomic mass is 16.6. The van der Waals surface area contributed by atoms with Crippen molar-refractivity contribution in [3.8, 4) is 0 Å². The average molecular weight is 321 g/mol. The molecule has 1 heterocycles. The van der Waals surface area contributed by atoms with E-state index in [1.54, 1.807) is 19.1 Å².